The predicted molar refractivity (Wildman–Crippen MR) is 79.6 cm³/mol. The third-order valence-corrected chi connectivity index (χ3v) is 4.20. The number of halogens is 1. The average molecular weight is 328 g/mol. The van der Waals surface area contributed by atoms with Gasteiger partial charge in [0, 0.05) is 31.2 Å². The number of carbonyl (C=O) groups is 1. The Morgan fingerprint density at radius 2 is 2.16 bits per heavy atom. The third-order valence-electron chi connectivity index (χ3n) is 3.85. The molecule has 1 aliphatic carbocycles. The van der Waals surface area contributed by atoms with E-state index in [2.05, 4.69) is 21.0 Å². The minimum atomic E-state index is 0.136. The molecule has 0 aliphatic heterocycles. The van der Waals surface area contributed by atoms with Crippen LogP contribution in [0.4, 0.5) is 0 Å². The highest BCUT2D eigenvalue weighted by atomic mass is 79.9. The van der Waals surface area contributed by atoms with Gasteiger partial charge in [0.25, 0.3) is 5.91 Å². The molecule has 0 N–H and O–H groups in total. The second-order valence-corrected chi connectivity index (χ2v) is 6.07. The molecule has 19 heavy (non-hydrogen) atoms. The molecule has 0 aromatic carbocycles. The Morgan fingerprint density at radius 1 is 1.47 bits per heavy atom. The molecule has 4 nitrogen and oxygen atoms in total. The number of hydrogen-bond donors (Lipinski definition) is 0. The fourth-order valence-corrected chi connectivity index (χ4v) is 3.28. The quantitative estimate of drug-likeness (QED) is 0.797. The van der Waals surface area contributed by atoms with Gasteiger partial charge < -0.3 is 4.90 Å². The van der Waals surface area contributed by atoms with Gasteiger partial charge in [-0.2, -0.15) is 5.10 Å². The lowest BCUT2D eigenvalue weighted by Crippen LogP contribution is -2.42. The van der Waals surface area contributed by atoms with Gasteiger partial charge in [0.05, 0.1) is 11.3 Å². The monoisotopic (exact) mass is 327 g/mol. The van der Waals surface area contributed by atoms with Crippen LogP contribution in [0.1, 0.15) is 48.2 Å². The third kappa shape index (κ3) is 3.38. The summed E-state index contributed by atoms with van der Waals surface area (Å²) < 4.78 is 1.72. The van der Waals surface area contributed by atoms with Crippen LogP contribution in [0.25, 0.3) is 0 Å². The molecular weight excluding hydrogens is 306 g/mol. The summed E-state index contributed by atoms with van der Waals surface area (Å²) in [5.41, 5.74) is 1.57. The van der Waals surface area contributed by atoms with Crippen LogP contribution in [0, 0.1) is 6.92 Å². The van der Waals surface area contributed by atoms with E-state index in [1.807, 2.05) is 25.1 Å². The molecule has 0 spiro atoms. The number of amides is 1. The van der Waals surface area contributed by atoms with Crippen LogP contribution in [0.3, 0.4) is 0 Å². The molecule has 106 valence electrons. The first-order valence-electron chi connectivity index (χ1n) is 7.00. The van der Waals surface area contributed by atoms with E-state index in [-0.39, 0.29) is 5.91 Å². The van der Waals surface area contributed by atoms with Gasteiger partial charge in [0.2, 0.25) is 0 Å². The van der Waals surface area contributed by atoms with Crippen LogP contribution in [0.15, 0.2) is 6.20 Å². The summed E-state index contributed by atoms with van der Waals surface area (Å²) in [4.78, 5) is 14.8. The van der Waals surface area contributed by atoms with E-state index in [0.29, 0.717) is 6.04 Å². The first kappa shape index (κ1) is 14.6. The summed E-state index contributed by atoms with van der Waals surface area (Å²) in [6.07, 6.45) is 7.89. The Hall–Kier alpha value is -0.840. The van der Waals surface area contributed by atoms with Crippen molar-refractivity contribution in [1.82, 2.24) is 14.7 Å². The maximum atomic E-state index is 12.7. The first-order chi connectivity index (χ1) is 9.13. The van der Waals surface area contributed by atoms with Gasteiger partial charge in [0.1, 0.15) is 0 Å². The van der Waals surface area contributed by atoms with Crippen molar-refractivity contribution in [2.45, 2.75) is 45.1 Å². The van der Waals surface area contributed by atoms with Gasteiger partial charge in [-0.25, -0.2) is 0 Å². The normalized spacial score (nSPS) is 16.6. The second kappa shape index (κ2) is 6.55. The van der Waals surface area contributed by atoms with Crippen molar-refractivity contribution in [2.24, 2.45) is 7.05 Å². The zero-order chi connectivity index (χ0) is 13.8. The Balaban J connectivity index is 2.17. The highest BCUT2D eigenvalue weighted by Gasteiger charge is 2.27. The van der Waals surface area contributed by atoms with Gasteiger partial charge in [-0.05, 0) is 19.8 Å². The van der Waals surface area contributed by atoms with Gasteiger partial charge in [0.15, 0.2) is 0 Å². The number of aryl methyl sites for hydroxylation is 2. The number of aromatic nitrogens is 2. The Kier molecular flexibility index (Phi) is 5.02. The predicted octanol–water partition coefficient (Wildman–Crippen LogP) is 2.90. The summed E-state index contributed by atoms with van der Waals surface area (Å²) in [5, 5.41) is 5.11. The van der Waals surface area contributed by atoms with Crippen molar-refractivity contribution < 1.29 is 4.79 Å². The van der Waals surface area contributed by atoms with Crippen molar-refractivity contribution in [3.8, 4) is 0 Å². The van der Waals surface area contributed by atoms with E-state index in [0.717, 1.165) is 36.0 Å². The van der Waals surface area contributed by atoms with E-state index in [1.165, 1.54) is 19.3 Å². The van der Waals surface area contributed by atoms with Gasteiger partial charge in [-0.15, -0.1) is 0 Å². The zero-order valence-electron chi connectivity index (χ0n) is 11.7. The van der Waals surface area contributed by atoms with Crippen molar-refractivity contribution in [3.05, 3.63) is 17.5 Å². The smallest absolute Gasteiger partial charge is 0.257 e. The van der Waals surface area contributed by atoms with Gasteiger partial charge >= 0.3 is 0 Å². The second-order valence-electron chi connectivity index (χ2n) is 5.28. The molecule has 2 rings (SSSR count). The topological polar surface area (TPSA) is 38.1 Å². The van der Waals surface area contributed by atoms with Crippen LogP contribution in [0.2, 0.25) is 0 Å². The number of hydrogen-bond acceptors (Lipinski definition) is 2. The molecule has 0 saturated heterocycles. The first-order valence-corrected chi connectivity index (χ1v) is 8.13. The maximum Gasteiger partial charge on any atom is 0.257 e. The van der Waals surface area contributed by atoms with Crippen molar-refractivity contribution in [2.75, 3.05) is 11.9 Å². The summed E-state index contributed by atoms with van der Waals surface area (Å²) >= 11 is 3.47. The number of alkyl halides is 1. The largest absolute Gasteiger partial charge is 0.335 e. The van der Waals surface area contributed by atoms with Crippen molar-refractivity contribution >= 4 is 21.8 Å². The van der Waals surface area contributed by atoms with E-state index >= 15 is 0 Å². The fraction of sp³-hybridized carbons (Fsp3) is 0.714. The van der Waals surface area contributed by atoms with Crippen LogP contribution in [-0.2, 0) is 7.05 Å². The Labute approximate surface area is 123 Å². The average Bonchev–Trinajstić information content (AvgIpc) is 2.75. The summed E-state index contributed by atoms with van der Waals surface area (Å²) in [6.45, 7) is 2.68. The lowest BCUT2D eigenvalue weighted by atomic mass is 9.93. The zero-order valence-corrected chi connectivity index (χ0v) is 13.3. The summed E-state index contributed by atoms with van der Waals surface area (Å²) in [6, 6.07) is 0.401. The molecule has 5 heteroatoms. The Bertz CT molecular complexity index is 438. The summed E-state index contributed by atoms with van der Waals surface area (Å²) in [7, 11) is 1.86. The number of nitrogens with zero attached hydrogens (tertiary/aromatic N) is 3. The minimum absolute atomic E-state index is 0.136. The van der Waals surface area contributed by atoms with E-state index < -0.39 is 0 Å². The molecule has 0 radical (unpaired) electrons. The van der Waals surface area contributed by atoms with Crippen molar-refractivity contribution in [1.29, 1.82) is 0 Å². The molecular formula is C14H22BrN3O. The van der Waals surface area contributed by atoms with E-state index in [4.69, 9.17) is 0 Å². The molecule has 0 bridgehead atoms. The van der Waals surface area contributed by atoms with Crippen LogP contribution in [-0.4, -0.2) is 38.5 Å². The molecule has 0 atom stereocenters. The minimum Gasteiger partial charge on any atom is -0.335 e. The molecule has 1 aromatic rings. The lowest BCUT2D eigenvalue weighted by Gasteiger charge is -2.34. The number of rotatable bonds is 4. The molecule has 0 unspecified atom stereocenters. The van der Waals surface area contributed by atoms with E-state index in [9.17, 15) is 4.79 Å². The molecule has 1 heterocycles. The molecule has 1 fully saturated rings. The number of carbonyl (C=O) groups excluding carboxylic acids is 1. The fourth-order valence-electron chi connectivity index (χ4n) is 2.90. The SMILES string of the molecule is Cc1nn(C)cc1C(=O)N(CCBr)C1CCCCC1. The Morgan fingerprint density at radius 3 is 2.68 bits per heavy atom. The molecule has 1 aromatic heterocycles. The highest BCUT2D eigenvalue weighted by molar-refractivity contribution is 9.09. The van der Waals surface area contributed by atoms with Crippen LogP contribution >= 0.6 is 15.9 Å². The van der Waals surface area contributed by atoms with Crippen LogP contribution in [0.5, 0.6) is 0 Å². The summed E-state index contributed by atoms with van der Waals surface area (Å²) in [5.74, 6) is 0.136. The maximum absolute atomic E-state index is 12.7. The van der Waals surface area contributed by atoms with Gasteiger partial charge in [-0.1, -0.05) is 35.2 Å². The lowest BCUT2D eigenvalue weighted by molar-refractivity contribution is 0.0650. The van der Waals surface area contributed by atoms with E-state index in [1.54, 1.807) is 4.68 Å². The highest BCUT2D eigenvalue weighted by Crippen LogP contribution is 2.24. The molecule has 1 saturated carbocycles. The van der Waals surface area contributed by atoms with Gasteiger partial charge in [-0.3, -0.25) is 9.48 Å². The molecule has 1 amide bonds. The standard InChI is InChI=1S/C14H22BrN3O/c1-11-13(10-17(2)16-11)14(19)18(9-8-15)12-6-4-3-5-7-12/h10,12H,3-9H2,1-2H3. The molecule has 1 aliphatic rings. The van der Waals surface area contributed by atoms with Crippen LogP contribution < -0.4 is 0 Å². The van der Waals surface area contributed by atoms with Crippen molar-refractivity contribution in [3.63, 3.8) is 0 Å².